The van der Waals surface area contributed by atoms with Crippen molar-refractivity contribution >= 4 is 10.9 Å². The number of hydrogen-bond donors (Lipinski definition) is 1. The van der Waals surface area contributed by atoms with Crippen molar-refractivity contribution in [3.63, 3.8) is 0 Å². The van der Waals surface area contributed by atoms with E-state index in [-0.39, 0.29) is 6.04 Å². The van der Waals surface area contributed by atoms with Crippen molar-refractivity contribution in [1.29, 1.82) is 0 Å². The highest BCUT2D eigenvalue weighted by molar-refractivity contribution is 5.82. The first-order valence-corrected chi connectivity index (χ1v) is 5.03. The minimum Gasteiger partial charge on any atom is -0.324 e. The molecule has 0 bridgehead atoms. The highest BCUT2D eigenvalue weighted by atomic mass is 14.7. The Morgan fingerprint density at radius 2 is 2.20 bits per heavy atom. The summed E-state index contributed by atoms with van der Waals surface area (Å²) >= 11 is 0. The number of nitrogens with zero attached hydrogens (tertiary/aromatic N) is 1. The van der Waals surface area contributed by atoms with Gasteiger partial charge in [0.1, 0.15) is 0 Å². The normalized spacial score (nSPS) is 12.6. The number of aromatic nitrogens is 1. The molecule has 2 rings (SSSR count). The van der Waals surface area contributed by atoms with E-state index in [2.05, 4.69) is 23.7 Å². The standard InChI is InChI=1S/C13H14N2/c1-2-5-12(14)10-6-3-8-13-11(10)7-4-9-15-13/h2-4,6-9,12H,1,5,14H2. The third-order valence-electron chi connectivity index (χ3n) is 2.50. The van der Waals surface area contributed by atoms with Crippen molar-refractivity contribution < 1.29 is 0 Å². The van der Waals surface area contributed by atoms with Crippen LogP contribution in [0.15, 0.2) is 49.2 Å². The summed E-state index contributed by atoms with van der Waals surface area (Å²) in [6, 6.07) is 10.0. The molecule has 2 nitrogen and oxygen atoms in total. The van der Waals surface area contributed by atoms with Gasteiger partial charge in [0, 0.05) is 17.6 Å². The van der Waals surface area contributed by atoms with Gasteiger partial charge in [0.25, 0.3) is 0 Å². The van der Waals surface area contributed by atoms with Gasteiger partial charge in [-0.15, -0.1) is 6.58 Å². The molecule has 0 spiro atoms. The number of rotatable bonds is 3. The van der Waals surface area contributed by atoms with E-state index < -0.39 is 0 Å². The van der Waals surface area contributed by atoms with Crippen LogP contribution in [0.2, 0.25) is 0 Å². The van der Waals surface area contributed by atoms with Crippen LogP contribution in [0.3, 0.4) is 0 Å². The molecule has 1 unspecified atom stereocenters. The van der Waals surface area contributed by atoms with E-state index in [1.807, 2.05) is 24.3 Å². The van der Waals surface area contributed by atoms with Gasteiger partial charge in [-0.2, -0.15) is 0 Å². The second-order valence-electron chi connectivity index (χ2n) is 3.55. The highest BCUT2D eigenvalue weighted by Crippen LogP contribution is 2.23. The van der Waals surface area contributed by atoms with Crippen LogP contribution in [0.5, 0.6) is 0 Å². The zero-order valence-electron chi connectivity index (χ0n) is 8.56. The molecule has 2 N–H and O–H groups in total. The fraction of sp³-hybridized carbons (Fsp3) is 0.154. The third-order valence-corrected chi connectivity index (χ3v) is 2.50. The van der Waals surface area contributed by atoms with Crippen LogP contribution in [0.1, 0.15) is 18.0 Å². The molecule has 0 radical (unpaired) electrons. The first-order chi connectivity index (χ1) is 7.33. The fourth-order valence-corrected chi connectivity index (χ4v) is 1.76. The lowest BCUT2D eigenvalue weighted by atomic mass is 10.00. The zero-order chi connectivity index (χ0) is 10.7. The molecule has 15 heavy (non-hydrogen) atoms. The smallest absolute Gasteiger partial charge is 0.0705 e. The van der Waals surface area contributed by atoms with E-state index in [1.165, 1.54) is 0 Å². The Morgan fingerprint density at radius 1 is 1.33 bits per heavy atom. The molecule has 1 heterocycles. The van der Waals surface area contributed by atoms with E-state index in [4.69, 9.17) is 5.73 Å². The number of benzene rings is 1. The molecule has 0 aliphatic heterocycles. The van der Waals surface area contributed by atoms with Gasteiger partial charge in [0.15, 0.2) is 0 Å². The van der Waals surface area contributed by atoms with E-state index in [1.54, 1.807) is 6.20 Å². The van der Waals surface area contributed by atoms with Crippen molar-refractivity contribution in [1.82, 2.24) is 4.98 Å². The minimum atomic E-state index is 0.00963. The van der Waals surface area contributed by atoms with Crippen molar-refractivity contribution in [2.45, 2.75) is 12.5 Å². The first kappa shape index (κ1) is 9.87. The molecule has 0 saturated carbocycles. The third kappa shape index (κ3) is 1.90. The van der Waals surface area contributed by atoms with Crippen LogP contribution >= 0.6 is 0 Å². The van der Waals surface area contributed by atoms with Gasteiger partial charge in [-0.3, -0.25) is 4.98 Å². The summed E-state index contributed by atoms with van der Waals surface area (Å²) in [7, 11) is 0. The summed E-state index contributed by atoms with van der Waals surface area (Å²) in [5.74, 6) is 0. The molecular formula is C13H14N2. The summed E-state index contributed by atoms with van der Waals surface area (Å²) in [5.41, 5.74) is 8.21. The Balaban J connectivity index is 2.55. The van der Waals surface area contributed by atoms with E-state index in [0.717, 1.165) is 22.9 Å². The van der Waals surface area contributed by atoms with Gasteiger partial charge in [0.05, 0.1) is 5.52 Å². The van der Waals surface area contributed by atoms with Gasteiger partial charge in [-0.1, -0.05) is 24.3 Å². The minimum absolute atomic E-state index is 0.00963. The van der Waals surface area contributed by atoms with Crippen molar-refractivity contribution in [3.05, 3.63) is 54.7 Å². The van der Waals surface area contributed by atoms with Crippen LogP contribution in [-0.4, -0.2) is 4.98 Å². The molecular weight excluding hydrogens is 184 g/mol. The SMILES string of the molecule is C=CCC(N)c1cccc2ncccc12. The second-order valence-corrected chi connectivity index (χ2v) is 3.55. The summed E-state index contributed by atoms with van der Waals surface area (Å²) < 4.78 is 0. The lowest BCUT2D eigenvalue weighted by molar-refractivity contribution is 0.748. The molecule has 2 aromatic rings. The highest BCUT2D eigenvalue weighted by Gasteiger charge is 2.07. The molecule has 1 aromatic carbocycles. The van der Waals surface area contributed by atoms with Crippen molar-refractivity contribution in [2.75, 3.05) is 0 Å². The number of hydrogen-bond acceptors (Lipinski definition) is 2. The quantitative estimate of drug-likeness (QED) is 0.770. The van der Waals surface area contributed by atoms with Crippen LogP contribution < -0.4 is 5.73 Å². The average molecular weight is 198 g/mol. The van der Waals surface area contributed by atoms with Crippen molar-refractivity contribution in [2.24, 2.45) is 5.73 Å². The first-order valence-electron chi connectivity index (χ1n) is 5.03. The second kappa shape index (κ2) is 4.24. The van der Waals surface area contributed by atoms with E-state index >= 15 is 0 Å². The molecule has 0 aliphatic rings. The summed E-state index contributed by atoms with van der Waals surface area (Å²) in [6.45, 7) is 3.71. The maximum Gasteiger partial charge on any atom is 0.0705 e. The maximum atomic E-state index is 6.07. The van der Waals surface area contributed by atoms with Gasteiger partial charge < -0.3 is 5.73 Å². The molecule has 76 valence electrons. The van der Waals surface area contributed by atoms with E-state index in [9.17, 15) is 0 Å². The molecule has 0 fully saturated rings. The Kier molecular flexibility index (Phi) is 2.79. The predicted octanol–water partition coefficient (Wildman–Crippen LogP) is 2.81. The largest absolute Gasteiger partial charge is 0.324 e. The van der Waals surface area contributed by atoms with E-state index in [0.29, 0.717) is 0 Å². The molecule has 0 aliphatic carbocycles. The molecule has 1 aromatic heterocycles. The molecule has 0 amide bonds. The Bertz CT molecular complexity index is 471. The van der Waals surface area contributed by atoms with Gasteiger partial charge >= 0.3 is 0 Å². The number of fused-ring (bicyclic) bond motifs is 1. The lowest BCUT2D eigenvalue weighted by Crippen LogP contribution is -2.09. The fourth-order valence-electron chi connectivity index (χ4n) is 1.76. The Labute approximate surface area is 89.4 Å². The Hall–Kier alpha value is -1.67. The topological polar surface area (TPSA) is 38.9 Å². The molecule has 1 atom stereocenters. The van der Waals surface area contributed by atoms with Crippen LogP contribution in [0.4, 0.5) is 0 Å². The van der Waals surface area contributed by atoms with Crippen LogP contribution in [0, 0.1) is 0 Å². The monoisotopic (exact) mass is 198 g/mol. The summed E-state index contributed by atoms with van der Waals surface area (Å²) in [4.78, 5) is 4.30. The maximum absolute atomic E-state index is 6.07. The lowest BCUT2D eigenvalue weighted by Gasteiger charge is -2.12. The zero-order valence-corrected chi connectivity index (χ0v) is 8.56. The average Bonchev–Trinajstić information content (AvgIpc) is 2.28. The number of pyridine rings is 1. The molecule has 0 saturated heterocycles. The summed E-state index contributed by atoms with van der Waals surface area (Å²) in [6.07, 6.45) is 4.43. The van der Waals surface area contributed by atoms with Gasteiger partial charge in [-0.05, 0) is 24.1 Å². The Morgan fingerprint density at radius 3 is 3.00 bits per heavy atom. The van der Waals surface area contributed by atoms with Crippen molar-refractivity contribution in [3.8, 4) is 0 Å². The van der Waals surface area contributed by atoms with Gasteiger partial charge in [-0.25, -0.2) is 0 Å². The van der Waals surface area contributed by atoms with Gasteiger partial charge in [0.2, 0.25) is 0 Å². The predicted molar refractivity (Wildman–Crippen MR) is 63.5 cm³/mol. The molecule has 2 heteroatoms. The number of nitrogens with two attached hydrogens (primary N) is 1. The van der Waals surface area contributed by atoms with Crippen LogP contribution in [-0.2, 0) is 0 Å². The summed E-state index contributed by atoms with van der Waals surface area (Å²) in [5, 5.41) is 1.13. The van der Waals surface area contributed by atoms with Crippen LogP contribution in [0.25, 0.3) is 10.9 Å².